The Bertz CT molecular complexity index is 1380. The van der Waals surface area contributed by atoms with Gasteiger partial charge in [0.05, 0.1) is 10.3 Å². The van der Waals surface area contributed by atoms with Crippen molar-refractivity contribution in [1.82, 2.24) is 9.62 Å². The van der Waals surface area contributed by atoms with Crippen molar-refractivity contribution in [3.63, 3.8) is 0 Å². The number of benzene rings is 2. The number of nitrogens with zero attached hydrogens (tertiary/aromatic N) is 2. The minimum absolute atomic E-state index is 0.0292. The van der Waals surface area contributed by atoms with Crippen molar-refractivity contribution >= 4 is 45.2 Å². The minimum Gasteiger partial charge on any atom is -0.480 e. The molecule has 0 aromatic heterocycles. The number of hydrogen-bond donors (Lipinski definition) is 2. The van der Waals surface area contributed by atoms with Crippen LogP contribution in [0.25, 0.3) is 0 Å². The van der Waals surface area contributed by atoms with Crippen LogP contribution < -0.4 is 5.32 Å². The monoisotopic (exact) mass is 613 g/mol. The van der Waals surface area contributed by atoms with Gasteiger partial charge in [0.15, 0.2) is 0 Å². The molecular formula is C31H39N3O6S2. The molecule has 2 aromatic carbocycles. The Kier molecular flexibility index (Phi) is 11.3. The zero-order chi connectivity index (χ0) is 30.1. The molecule has 0 aliphatic carbocycles. The molecule has 2 aromatic rings. The Morgan fingerprint density at radius 2 is 1.76 bits per heavy atom. The van der Waals surface area contributed by atoms with Crippen LogP contribution in [0.1, 0.15) is 63.0 Å². The Labute approximate surface area is 252 Å². The lowest BCUT2D eigenvalue weighted by Gasteiger charge is -2.27. The highest BCUT2D eigenvalue weighted by Gasteiger charge is 2.45. The van der Waals surface area contributed by atoms with Gasteiger partial charge >= 0.3 is 5.97 Å². The average molecular weight is 614 g/mol. The van der Waals surface area contributed by atoms with E-state index in [1.54, 1.807) is 37.3 Å². The van der Waals surface area contributed by atoms with Gasteiger partial charge < -0.3 is 10.4 Å². The van der Waals surface area contributed by atoms with Gasteiger partial charge in [-0.05, 0) is 62.3 Å². The smallest absolute Gasteiger partial charge is 0.326 e. The fourth-order valence-electron chi connectivity index (χ4n) is 5.34. The summed E-state index contributed by atoms with van der Waals surface area (Å²) in [5, 5.41) is 11.9. The molecule has 2 unspecified atom stereocenters. The van der Waals surface area contributed by atoms with Gasteiger partial charge in [-0.2, -0.15) is 4.31 Å². The van der Waals surface area contributed by atoms with Crippen molar-refractivity contribution in [1.29, 1.82) is 0 Å². The van der Waals surface area contributed by atoms with Gasteiger partial charge in [-0.25, -0.2) is 13.2 Å². The molecule has 1 amide bonds. The number of sulfonamides is 1. The molecule has 42 heavy (non-hydrogen) atoms. The first-order chi connectivity index (χ1) is 20.1. The van der Waals surface area contributed by atoms with Crippen molar-refractivity contribution in [3.8, 4) is 0 Å². The van der Waals surface area contributed by atoms with E-state index in [1.165, 1.54) is 29.6 Å². The Morgan fingerprint density at radius 3 is 2.43 bits per heavy atom. The van der Waals surface area contributed by atoms with Gasteiger partial charge in [-0.15, -0.1) is 11.8 Å². The van der Waals surface area contributed by atoms with E-state index in [2.05, 4.69) is 10.3 Å². The van der Waals surface area contributed by atoms with E-state index in [0.717, 1.165) is 54.9 Å². The summed E-state index contributed by atoms with van der Waals surface area (Å²) in [5.74, 6) is -1.45. The van der Waals surface area contributed by atoms with Gasteiger partial charge in [0.2, 0.25) is 15.9 Å². The number of Topliss-reactive ketones (excluding diaryl/α,β-unsaturated/α-hetero) is 1. The van der Waals surface area contributed by atoms with Crippen LogP contribution in [0, 0.1) is 0 Å². The number of carboxylic acids is 1. The van der Waals surface area contributed by atoms with Gasteiger partial charge in [0.1, 0.15) is 17.9 Å². The van der Waals surface area contributed by atoms with Gasteiger partial charge in [-0.1, -0.05) is 48.9 Å². The van der Waals surface area contributed by atoms with E-state index >= 15 is 0 Å². The molecule has 0 radical (unpaired) electrons. The molecule has 1 fully saturated rings. The van der Waals surface area contributed by atoms with E-state index in [9.17, 15) is 27.9 Å². The summed E-state index contributed by atoms with van der Waals surface area (Å²) in [5.41, 5.74) is 2.87. The third-order valence-corrected chi connectivity index (χ3v) is 11.0. The number of aliphatic imine (C=N–C) groups is 1. The number of amides is 1. The van der Waals surface area contributed by atoms with Crippen LogP contribution in [0.5, 0.6) is 0 Å². The molecule has 2 aliphatic heterocycles. The third-order valence-electron chi connectivity index (χ3n) is 7.64. The van der Waals surface area contributed by atoms with Crippen LogP contribution in [0.3, 0.4) is 0 Å². The highest BCUT2D eigenvalue weighted by Crippen LogP contribution is 2.34. The molecule has 0 bridgehead atoms. The molecule has 1 saturated heterocycles. The van der Waals surface area contributed by atoms with E-state index in [4.69, 9.17) is 0 Å². The summed E-state index contributed by atoms with van der Waals surface area (Å²) in [4.78, 5) is 42.3. The Hall–Kier alpha value is -3.02. The molecule has 11 heteroatoms. The maximum atomic E-state index is 13.3. The molecule has 226 valence electrons. The molecule has 3 atom stereocenters. The zero-order valence-corrected chi connectivity index (χ0v) is 25.5. The molecule has 2 heterocycles. The van der Waals surface area contributed by atoms with Crippen LogP contribution in [-0.4, -0.2) is 71.0 Å². The molecule has 0 saturated carbocycles. The van der Waals surface area contributed by atoms with Crippen molar-refractivity contribution in [2.75, 3.05) is 12.3 Å². The van der Waals surface area contributed by atoms with Gasteiger partial charge in [-0.3, -0.25) is 14.6 Å². The summed E-state index contributed by atoms with van der Waals surface area (Å²) in [6.45, 7) is 2.67. The van der Waals surface area contributed by atoms with E-state index in [0.29, 0.717) is 18.4 Å². The van der Waals surface area contributed by atoms with E-state index in [-0.39, 0.29) is 22.9 Å². The second kappa shape index (κ2) is 14.9. The lowest BCUT2D eigenvalue weighted by molar-refractivity contribution is -0.142. The van der Waals surface area contributed by atoms with Crippen molar-refractivity contribution in [2.45, 2.75) is 87.1 Å². The molecule has 2 N–H and O–H groups in total. The predicted octanol–water partition coefficient (Wildman–Crippen LogP) is 4.25. The largest absolute Gasteiger partial charge is 0.480 e. The van der Waals surface area contributed by atoms with Crippen molar-refractivity contribution in [2.24, 2.45) is 4.99 Å². The summed E-state index contributed by atoms with van der Waals surface area (Å²) in [7, 11) is -3.95. The fourth-order valence-corrected chi connectivity index (χ4v) is 8.67. The second-order valence-corrected chi connectivity index (χ2v) is 14.0. The van der Waals surface area contributed by atoms with E-state index < -0.39 is 39.4 Å². The number of unbranched alkanes of at least 4 members (excludes halogenated alkanes) is 2. The average Bonchev–Trinajstić information content (AvgIpc) is 3.64. The van der Waals surface area contributed by atoms with Crippen LogP contribution in [-0.2, 0) is 37.2 Å². The maximum absolute atomic E-state index is 13.3. The highest BCUT2D eigenvalue weighted by molar-refractivity contribution is 8.01. The number of thioether (sulfide) groups is 1. The maximum Gasteiger partial charge on any atom is 0.326 e. The zero-order valence-electron chi connectivity index (χ0n) is 23.9. The van der Waals surface area contributed by atoms with Crippen LogP contribution in [0.15, 0.2) is 64.5 Å². The van der Waals surface area contributed by atoms with Crippen molar-refractivity contribution in [3.05, 3.63) is 65.7 Å². The number of carbonyl (C=O) groups excluding carboxylic acids is 2. The van der Waals surface area contributed by atoms with Gasteiger partial charge in [0.25, 0.3) is 0 Å². The number of carbonyl (C=O) groups is 3. The quantitative estimate of drug-likeness (QED) is 0.287. The minimum atomic E-state index is -3.95. The number of rotatable bonds is 15. The van der Waals surface area contributed by atoms with Crippen LogP contribution >= 0.6 is 11.8 Å². The summed E-state index contributed by atoms with van der Waals surface area (Å²) >= 11 is 1.33. The van der Waals surface area contributed by atoms with Crippen LogP contribution in [0.2, 0.25) is 0 Å². The van der Waals surface area contributed by atoms with E-state index in [1.807, 2.05) is 12.1 Å². The number of hydrogen-bond acceptors (Lipinski definition) is 7. The third kappa shape index (κ3) is 8.52. The topological polar surface area (TPSA) is 133 Å². The standard InChI is InChI=1S/C31H39N3O6S2/c1-22-34(42(39,40)27-12-6-3-7-13-27)29(21-41-22)30(36)33-28(31(37)38)20-24-16-14-23(15-17-24)19-26(35)11-5-2-4-9-25-10-8-18-32-25/h3,6-7,12-17,22,28-29H,2,4-5,8-11,18-21H2,1H3,(H,33,36)(H,37,38)/t22?,28?,29-/m0/s1. The number of carboxylic acid groups (broad SMARTS) is 1. The SMILES string of the molecule is CC1SC[C@@H](C(=O)NC(Cc2ccc(CC(=O)CCCCCC3=NCCC3)cc2)C(=O)O)N1S(=O)(=O)c1ccccc1. The molecule has 0 spiro atoms. The first kappa shape index (κ1) is 31.9. The lowest BCUT2D eigenvalue weighted by Crippen LogP contribution is -2.53. The first-order valence-corrected chi connectivity index (χ1v) is 17.0. The van der Waals surface area contributed by atoms with Crippen LogP contribution in [0.4, 0.5) is 0 Å². The summed E-state index contributed by atoms with van der Waals surface area (Å²) in [6, 6.07) is 12.8. The van der Waals surface area contributed by atoms with Gasteiger partial charge in [0, 0.05) is 37.3 Å². The normalized spacial score (nSPS) is 19.8. The number of aliphatic carboxylic acids is 1. The number of nitrogens with one attached hydrogen (secondary N) is 1. The fraction of sp³-hybridized carbons (Fsp3) is 0.484. The molecule has 4 rings (SSSR count). The first-order valence-electron chi connectivity index (χ1n) is 14.5. The Balaban J connectivity index is 1.29. The molecule has 2 aliphatic rings. The molecular weight excluding hydrogens is 574 g/mol. The summed E-state index contributed by atoms with van der Waals surface area (Å²) in [6.07, 6.45) is 7.17. The second-order valence-electron chi connectivity index (χ2n) is 10.8. The molecule has 9 nitrogen and oxygen atoms in total. The number of ketones is 1. The predicted molar refractivity (Wildman–Crippen MR) is 164 cm³/mol. The Morgan fingerprint density at radius 1 is 1.05 bits per heavy atom. The lowest BCUT2D eigenvalue weighted by atomic mass is 10.00. The van der Waals surface area contributed by atoms with Crippen molar-refractivity contribution < 1.29 is 27.9 Å². The summed E-state index contributed by atoms with van der Waals surface area (Å²) < 4.78 is 27.8. The highest BCUT2D eigenvalue weighted by atomic mass is 32.2.